The third-order valence-electron chi connectivity index (χ3n) is 6.94. The van der Waals surface area contributed by atoms with Crippen LogP contribution in [0.4, 0.5) is 0 Å². The Hall–Kier alpha value is -0.200. The third-order valence-corrected chi connectivity index (χ3v) is 7.77. The standard InChI is InChI=1S/C20H34N2S/c1-2-3-4-5-9-18-11-10-17-8-6-7-13-20(17)14-12-19(23-16-21)15-22(18)20/h17-19H,2-15H2,1H3/t17?,18-,19+,20-/m1/s1. The quantitative estimate of drug-likeness (QED) is 0.458. The molecule has 3 aliphatic rings. The van der Waals surface area contributed by atoms with E-state index in [1.54, 1.807) is 11.8 Å². The second kappa shape index (κ2) is 8.26. The summed E-state index contributed by atoms with van der Waals surface area (Å²) in [5, 5.41) is 12.0. The van der Waals surface area contributed by atoms with Gasteiger partial charge in [-0.25, -0.2) is 0 Å². The van der Waals surface area contributed by atoms with E-state index in [9.17, 15) is 0 Å². The van der Waals surface area contributed by atoms with E-state index in [2.05, 4.69) is 17.2 Å². The Morgan fingerprint density at radius 1 is 1.09 bits per heavy atom. The van der Waals surface area contributed by atoms with Crippen LogP contribution in [-0.2, 0) is 0 Å². The summed E-state index contributed by atoms with van der Waals surface area (Å²) in [6.07, 6.45) is 18.3. The molecule has 1 spiro atoms. The maximum Gasteiger partial charge on any atom is 0.133 e. The summed E-state index contributed by atoms with van der Waals surface area (Å²) < 4.78 is 0. The number of hydrogen-bond donors (Lipinski definition) is 0. The Bertz CT molecular complexity index is 418. The molecule has 1 saturated carbocycles. The lowest BCUT2D eigenvalue weighted by atomic mass is 9.62. The van der Waals surface area contributed by atoms with Gasteiger partial charge in [-0.15, -0.1) is 0 Å². The summed E-state index contributed by atoms with van der Waals surface area (Å²) in [7, 11) is 0. The van der Waals surface area contributed by atoms with Crippen LogP contribution in [0.25, 0.3) is 0 Å². The van der Waals surface area contributed by atoms with Crippen LogP contribution >= 0.6 is 11.8 Å². The normalized spacial score (nSPS) is 37.7. The molecular formula is C20H34N2S. The Morgan fingerprint density at radius 2 is 2.00 bits per heavy atom. The van der Waals surface area contributed by atoms with Gasteiger partial charge in [-0.2, -0.15) is 5.26 Å². The average molecular weight is 335 g/mol. The molecule has 0 aromatic rings. The van der Waals surface area contributed by atoms with Crippen LogP contribution < -0.4 is 0 Å². The predicted octanol–water partition coefficient (Wildman–Crippen LogP) is 5.73. The van der Waals surface area contributed by atoms with E-state index in [4.69, 9.17) is 5.26 Å². The topological polar surface area (TPSA) is 27.0 Å². The van der Waals surface area contributed by atoms with Crippen molar-refractivity contribution in [3.63, 3.8) is 0 Å². The zero-order valence-corrected chi connectivity index (χ0v) is 15.8. The number of thiocyanates is 1. The molecule has 0 amide bonds. The molecular weight excluding hydrogens is 300 g/mol. The molecule has 2 aliphatic heterocycles. The zero-order valence-electron chi connectivity index (χ0n) is 14.9. The first-order valence-corrected chi connectivity index (χ1v) is 11.0. The van der Waals surface area contributed by atoms with Gasteiger partial charge in [0.25, 0.3) is 0 Å². The van der Waals surface area contributed by atoms with Gasteiger partial charge in [-0.05, 0) is 62.6 Å². The van der Waals surface area contributed by atoms with Gasteiger partial charge >= 0.3 is 0 Å². The van der Waals surface area contributed by atoms with Crippen LogP contribution in [0.3, 0.4) is 0 Å². The van der Waals surface area contributed by atoms with Crippen LogP contribution in [0.15, 0.2) is 0 Å². The summed E-state index contributed by atoms with van der Waals surface area (Å²) in [4.78, 5) is 2.95. The summed E-state index contributed by atoms with van der Waals surface area (Å²) in [5.74, 6) is 0.955. The first-order chi connectivity index (χ1) is 11.3. The van der Waals surface area contributed by atoms with E-state index in [1.807, 2.05) is 0 Å². The fraction of sp³-hybridized carbons (Fsp3) is 0.950. The van der Waals surface area contributed by atoms with E-state index < -0.39 is 0 Å². The lowest BCUT2D eigenvalue weighted by Crippen LogP contribution is -2.65. The van der Waals surface area contributed by atoms with Gasteiger partial charge in [0.2, 0.25) is 0 Å². The lowest BCUT2D eigenvalue weighted by Gasteiger charge is -2.61. The number of nitriles is 1. The zero-order chi connectivity index (χ0) is 16.1. The molecule has 3 fully saturated rings. The number of hydrogen-bond acceptors (Lipinski definition) is 3. The summed E-state index contributed by atoms with van der Waals surface area (Å²) >= 11 is 1.54. The number of unbranched alkanes of at least 4 members (excludes halogenated alkanes) is 3. The van der Waals surface area contributed by atoms with E-state index in [0.717, 1.165) is 12.0 Å². The van der Waals surface area contributed by atoms with Gasteiger partial charge in [0.1, 0.15) is 5.40 Å². The van der Waals surface area contributed by atoms with Gasteiger partial charge in [-0.1, -0.05) is 45.4 Å². The second-order valence-electron chi connectivity index (χ2n) is 8.15. The van der Waals surface area contributed by atoms with Crippen LogP contribution in [0, 0.1) is 16.6 Å². The molecule has 3 rings (SSSR count). The van der Waals surface area contributed by atoms with Crippen molar-refractivity contribution in [2.45, 2.75) is 107 Å². The molecule has 130 valence electrons. The molecule has 0 bridgehead atoms. The van der Waals surface area contributed by atoms with Crippen molar-refractivity contribution in [3.8, 4) is 5.40 Å². The Kier molecular flexibility index (Phi) is 6.32. The third kappa shape index (κ3) is 3.74. The fourth-order valence-electron chi connectivity index (χ4n) is 5.80. The van der Waals surface area contributed by atoms with Crippen molar-refractivity contribution in [2.75, 3.05) is 6.54 Å². The SMILES string of the molecule is CCCCCC[C@@H]1CCC2CCCC[C@@]23CC[C@H](SC#N)CN13. The number of rotatable bonds is 6. The minimum absolute atomic E-state index is 0.526. The van der Waals surface area contributed by atoms with E-state index in [1.165, 1.54) is 90.0 Å². The maximum atomic E-state index is 9.11. The van der Waals surface area contributed by atoms with Gasteiger partial charge in [0.05, 0.1) is 0 Å². The molecule has 0 N–H and O–H groups in total. The van der Waals surface area contributed by atoms with Crippen molar-refractivity contribution in [1.29, 1.82) is 5.26 Å². The molecule has 3 heteroatoms. The number of piperidine rings is 2. The Morgan fingerprint density at radius 3 is 2.83 bits per heavy atom. The first-order valence-electron chi connectivity index (χ1n) is 10.1. The van der Waals surface area contributed by atoms with Gasteiger partial charge in [0, 0.05) is 23.4 Å². The van der Waals surface area contributed by atoms with Gasteiger partial charge in [-0.3, -0.25) is 4.90 Å². The fourth-order valence-corrected chi connectivity index (χ4v) is 6.42. The molecule has 1 unspecified atom stereocenters. The van der Waals surface area contributed by atoms with Crippen LogP contribution in [0.2, 0.25) is 0 Å². The monoisotopic (exact) mass is 334 g/mol. The summed E-state index contributed by atoms with van der Waals surface area (Å²) in [6, 6.07) is 0.809. The molecule has 2 saturated heterocycles. The molecule has 2 heterocycles. The Labute approximate surface area is 147 Å². The molecule has 4 atom stereocenters. The molecule has 0 aromatic heterocycles. The lowest BCUT2D eigenvalue weighted by molar-refractivity contribution is -0.0926. The van der Waals surface area contributed by atoms with Crippen LogP contribution in [0.1, 0.15) is 90.4 Å². The largest absolute Gasteiger partial charge is 0.293 e. The predicted molar refractivity (Wildman–Crippen MR) is 99.4 cm³/mol. The summed E-state index contributed by atoms with van der Waals surface area (Å²) in [6.45, 7) is 3.49. The van der Waals surface area contributed by atoms with Crippen LogP contribution in [0.5, 0.6) is 0 Å². The van der Waals surface area contributed by atoms with E-state index >= 15 is 0 Å². The van der Waals surface area contributed by atoms with Gasteiger partial charge < -0.3 is 0 Å². The van der Waals surface area contributed by atoms with Crippen molar-refractivity contribution >= 4 is 11.8 Å². The molecule has 2 nitrogen and oxygen atoms in total. The van der Waals surface area contributed by atoms with Crippen molar-refractivity contribution in [1.82, 2.24) is 4.90 Å². The highest BCUT2D eigenvalue weighted by atomic mass is 32.2. The molecule has 0 radical (unpaired) electrons. The molecule has 1 aliphatic carbocycles. The van der Waals surface area contributed by atoms with Crippen molar-refractivity contribution in [2.24, 2.45) is 5.92 Å². The minimum Gasteiger partial charge on any atom is -0.293 e. The smallest absolute Gasteiger partial charge is 0.133 e. The molecule has 23 heavy (non-hydrogen) atoms. The number of thioether (sulfide) groups is 1. The highest BCUT2D eigenvalue weighted by Crippen LogP contribution is 2.52. The highest BCUT2D eigenvalue weighted by molar-refractivity contribution is 8.04. The van der Waals surface area contributed by atoms with Crippen molar-refractivity contribution < 1.29 is 0 Å². The van der Waals surface area contributed by atoms with Gasteiger partial charge in [0.15, 0.2) is 0 Å². The average Bonchev–Trinajstić information content (AvgIpc) is 2.58. The van der Waals surface area contributed by atoms with Crippen molar-refractivity contribution in [3.05, 3.63) is 0 Å². The highest BCUT2D eigenvalue weighted by Gasteiger charge is 2.52. The first kappa shape index (κ1) is 17.6. The van der Waals surface area contributed by atoms with E-state index in [-0.39, 0.29) is 0 Å². The van der Waals surface area contributed by atoms with E-state index in [0.29, 0.717) is 10.8 Å². The van der Waals surface area contributed by atoms with Crippen LogP contribution in [-0.4, -0.2) is 28.3 Å². The summed E-state index contributed by atoms with van der Waals surface area (Å²) in [5.41, 5.74) is 0.526. The Balaban J connectivity index is 1.70. The number of nitrogens with zero attached hydrogens (tertiary/aromatic N) is 2. The maximum absolute atomic E-state index is 9.11. The molecule has 0 aromatic carbocycles. The minimum atomic E-state index is 0.526. The second-order valence-corrected chi connectivity index (χ2v) is 9.23.